The maximum absolute atomic E-state index is 13.1. The fraction of sp³-hybridized carbons (Fsp3) is 0.533. The van der Waals surface area contributed by atoms with E-state index in [0.717, 1.165) is 18.4 Å². The summed E-state index contributed by atoms with van der Waals surface area (Å²) in [7, 11) is 0. The molecular weight excluding hydrogens is 392 g/mol. The van der Waals surface area contributed by atoms with Crippen LogP contribution in [-0.2, 0) is 6.42 Å². The van der Waals surface area contributed by atoms with E-state index in [1.807, 2.05) is 24.3 Å². The minimum absolute atomic E-state index is 0.0103. The van der Waals surface area contributed by atoms with E-state index >= 15 is 0 Å². The molecule has 0 atom stereocenters. The maximum Gasteiger partial charge on any atom is 0.194 e. The molecule has 3 rings (SSSR count). The number of ketones is 2. The zero-order valence-electron chi connectivity index (χ0n) is 20.0. The number of rotatable bonds is 15. The maximum atomic E-state index is 13.1. The Morgan fingerprint density at radius 3 is 1.53 bits per heavy atom. The summed E-state index contributed by atoms with van der Waals surface area (Å²) in [4.78, 5) is 25.9. The zero-order valence-corrected chi connectivity index (χ0v) is 20.0. The summed E-state index contributed by atoms with van der Waals surface area (Å²) < 4.78 is 0. The van der Waals surface area contributed by atoms with Crippen LogP contribution in [0.5, 0.6) is 0 Å². The van der Waals surface area contributed by atoms with Crippen LogP contribution in [0.15, 0.2) is 42.5 Å². The molecule has 1 aliphatic rings. The van der Waals surface area contributed by atoms with Gasteiger partial charge in [-0.1, -0.05) is 133 Å². The minimum Gasteiger partial charge on any atom is -0.289 e. The van der Waals surface area contributed by atoms with E-state index in [4.69, 9.17) is 0 Å². The average Bonchev–Trinajstić information content (AvgIpc) is 2.82. The van der Waals surface area contributed by atoms with Crippen LogP contribution in [0.4, 0.5) is 0 Å². The van der Waals surface area contributed by atoms with Crippen LogP contribution >= 0.6 is 0 Å². The van der Waals surface area contributed by atoms with Crippen LogP contribution < -0.4 is 0 Å². The van der Waals surface area contributed by atoms with Gasteiger partial charge in [-0.3, -0.25) is 9.59 Å². The van der Waals surface area contributed by atoms with Gasteiger partial charge in [-0.2, -0.15) is 0 Å². The molecule has 32 heavy (non-hydrogen) atoms. The van der Waals surface area contributed by atoms with Crippen molar-refractivity contribution in [2.24, 2.45) is 0 Å². The third kappa shape index (κ3) is 6.64. The highest BCUT2D eigenvalue weighted by molar-refractivity contribution is 6.28. The highest BCUT2D eigenvalue weighted by Gasteiger charge is 2.30. The van der Waals surface area contributed by atoms with Gasteiger partial charge in [0.05, 0.1) is 0 Å². The Kier molecular flexibility index (Phi) is 10.2. The molecule has 0 aromatic heterocycles. The molecule has 2 aromatic rings. The second-order valence-corrected chi connectivity index (χ2v) is 9.39. The summed E-state index contributed by atoms with van der Waals surface area (Å²) in [5.74, 6) is -0.00540. The van der Waals surface area contributed by atoms with Gasteiger partial charge in [0, 0.05) is 22.3 Å². The van der Waals surface area contributed by atoms with Gasteiger partial charge < -0.3 is 0 Å². The number of benzene rings is 2. The summed E-state index contributed by atoms with van der Waals surface area (Å²) in [6.07, 6.45) is 19.6. The lowest BCUT2D eigenvalue weighted by Crippen LogP contribution is -2.22. The molecular formula is C30H40O2. The fourth-order valence-electron chi connectivity index (χ4n) is 4.93. The summed E-state index contributed by atoms with van der Waals surface area (Å²) in [6.45, 7) is 2.27. The van der Waals surface area contributed by atoms with Gasteiger partial charge in [-0.25, -0.2) is 0 Å². The number of carbonyl (C=O) groups is 2. The molecule has 172 valence electrons. The van der Waals surface area contributed by atoms with Crippen molar-refractivity contribution < 1.29 is 9.59 Å². The molecule has 0 radical (unpaired) electrons. The van der Waals surface area contributed by atoms with Crippen molar-refractivity contribution in [1.29, 1.82) is 0 Å². The molecule has 0 heterocycles. The largest absolute Gasteiger partial charge is 0.289 e. The number of hydrogen-bond acceptors (Lipinski definition) is 2. The number of unbranched alkanes of at least 4 members (excludes halogenated alkanes) is 13. The number of fused-ring (bicyclic) bond motifs is 2. The van der Waals surface area contributed by atoms with Crippen LogP contribution in [-0.4, -0.2) is 11.6 Å². The van der Waals surface area contributed by atoms with Crippen molar-refractivity contribution >= 4 is 11.6 Å². The Morgan fingerprint density at radius 2 is 0.969 bits per heavy atom. The monoisotopic (exact) mass is 432 g/mol. The van der Waals surface area contributed by atoms with Gasteiger partial charge in [-0.05, 0) is 18.4 Å². The Balaban J connectivity index is 1.33. The quantitative estimate of drug-likeness (QED) is 0.226. The van der Waals surface area contributed by atoms with Crippen molar-refractivity contribution in [3.05, 3.63) is 70.3 Å². The van der Waals surface area contributed by atoms with Crippen molar-refractivity contribution in [3.63, 3.8) is 0 Å². The molecule has 2 heteroatoms. The van der Waals surface area contributed by atoms with Crippen molar-refractivity contribution in [1.82, 2.24) is 0 Å². The SMILES string of the molecule is CCCCCCCCCCCCCCCCc1cccc2c1C(=O)c1ccccc1C2=O. The lowest BCUT2D eigenvalue weighted by atomic mass is 9.81. The van der Waals surface area contributed by atoms with E-state index in [0.29, 0.717) is 22.3 Å². The Labute approximate surface area is 194 Å². The second-order valence-electron chi connectivity index (χ2n) is 9.39. The molecule has 2 aromatic carbocycles. The van der Waals surface area contributed by atoms with E-state index in [1.165, 1.54) is 83.5 Å². The standard InChI is InChI=1S/C30H40O2/c1-2-3-4-5-6-7-8-9-10-11-12-13-14-15-19-24-20-18-23-27-28(24)30(32)26-22-17-16-21-25(26)29(27)31/h16-18,20-23H,2-15,19H2,1H3. The van der Waals surface area contributed by atoms with Crippen LogP contribution in [0.1, 0.15) is 134 Å². The fourth-order valence-corrected chi connectivity index (χ4v) is 4.93. The zero-order chi connectivity index (χ0) is 22.6. The molecule has 0 N–H and O–H groups in total. The Hall–Kier alpha value is -2.22. The molecule has 1 aliphatic carbocycles. The Bertz CT molecular complexity index is 880. The van der Waals surface area contributed by atoms with E-state index in [2.05, 4.69) is 6.92 Å². The molecule has 2 nitrogen and oxygen atoms in total. The third-order valence-corrected chi connectivity index (χ3v) is 6.84. The second kappa shape index (κ2) is 13.4. The molecule has 0 saturated carbocycles. The lowest BCUT2D eigenvalue weighted by molar-refractivity contribution is 0.0978. The molecule has 0 aliphatic heterocycles. The number of hydrogen-bond donors (Lipinski definition) is 0. The molecule has 0 unspecified atom stereocenters. The van der Waals surface area contributed by atoms with Crippen molar-refractivity contribution in [3.8, 4) is 0 Å². The predicted octanol–water partition coefficient (Wildman–Crippen LogP) is 8.49. The smallest absolute Gasteiger partial charge is 0.194 e. The van der Waals surface area contributed by atoms with Gasteiger partial charge >= 0.3 is 0 Å². The van der Waals surface area contributed by atoms with Gasteiger partial charge in [-0.15, -0.1) is 0 Å². The molecule has 0 saturated heterocycles. The van der Waals surface area contributed by atoms with Crippen molar-refractivity contribution in [2.45, 2.75) is 103 Å². The van der Waals surface area contributed by atoms with Crippen LogP contribution in [0.25, 0.3) is 0 Å². The van der Waals surface area contributed by atoms with Crippen molar-refractivity contribution in [2.75, 3.05) is 0 Å². The van der Waals surface area contributed by atoms with E-state index in [1.54, 1.807) is 18.2 Å². The van der Waals surface area contributed by atoms with E-state index in [9.17, 15) is 9.59 Å². The third-order valence-electron chi connectivity index (χ3n) is 6.84. The van der Waals surface area contributed by atoms with Crippen LogP contribution in [0, 0.1) is 0 Å². The first kappa shape index (κ1) is 24.4. The summed E-state index contributed by atoms with van der Waals surface area (Å²) in [6, 6.07) is 13.0. The summed E-state index contributed by atoms with van der Waals surface area (Å²) in [5, 5.41) is 0. The van der Waals surface area contributed by atoms with Gasteiger partial charge in [0.1, 0.15) is 0 Å². The highest BCUT2D eigenvalue weighted by Crippen LogP contribution is 2.30. The normalized spacial score (nSPS) is 12.7. The number of aryl methyl sites for hydroxylation is 1. The van der Waals surface area contributed by atoms with Crippen LogP contribution in [0.3, 0.4) is 0 Å². The van der Waals surface area contributed by atoms with E-state index in [-0.39, 0.29) is 11.6 Å². The Morgan fingerprint density at radius 1 is 0.500 bits per heavy atom. The molecule has 0 spiro atoms. The van der Waals surface area contributed by atoms with Gasteiger partial charge in [0.15, 0.2) is 11.6 Å². The highest BCUT2D eigenvalue weighted by atomic mass is 16.1. The lowest BCUT2D eigenvalue weighted by Gasteiger charge is -2.20. The topological polar surface area (TPSA) is 34.1 Å². The summed E-state index contributed by atoms with van der Waals surface area (Å²) in [5.41, 5.74) is 3.36. The van der Waals surface area contributed by atoms with Crippen LogP contribution in [0.2, 0.25) is 0 Å². The number of carbonyl (C=O) groups excluding carboxylic acids is 2. The van der Waals surface area contributed by atoms with Gasteiger partial charge in [0.2, 0.25) is 0 Å². The van der Waals surface area contributed by atoms with E-state index < -0.39 is 0 Å². The summed E-state index contributed by atoms with van der Waals surface area (Å²) >= 11 is 0. The first-order valence-corrected chi connectivity index (χ1v) is 13.0. The molecule has 0 bridgehead atoms. The predicted molar refractivity (Wildman–Crippen MR) is 134 cm³/mol. The molecule has 0 amide bonds. The van der Waals surface area contributed by atoms with Gasteiger partial charge in [0.25, 0.3) is 0 Å². The first-order chi connectivity index (χ1) is 15.7. The minimum atomic E-state index is -0.0157. The average molecular weight is 433 g/mol. The first-order valence-electron chi connectivity index (χ1n) is 13.0. The molecule has 0 fully saturated rings.